The number of imidazole rings is 1. The van der Waals surface area contributed by atoms with Crippen LogP contribution in [0.5, 0.6) is 0 Å². The first-order valence-electron chi connectivity index (χ1n) is 9.41. The van der Waals surface area contributed by atoms with E-state index in [1.165, 1.54) is 0 Å². The van der Waals surface area contributed by atoms with Crippen LogP contribution in [0.1, 0.15) is 21.6 Å². The molecular weight excluding hydrogens is 455 g/mol. The van der Waals surface area contributed by atoms with Crippen LogP contribution in [0.2, 0.25) is 15.1 Å². The average molecular weight is 472 g/mol. The van der Waals surface area contributed by atoms with Gasteiger partial charge < -0.3 is 5.11 Å². The summed E-state index contributed by atoms with van der Waals surface area (Å²) in [6.45, 7) is 3.89. The summed E-state index contributed by atoms with van der Waals surface area (Å²) < 4.78 is 1.79. The van der Waals surface area contributed by atoms with Crippen molar-refractivity contribution in [1.29, 1.82) is 0 Å². The van der Waals surface area contributed by atoms with Gasteiger partial charge in [0.25, 0.3) is 0 Å². The average Bonchev–Trinajstić information content (AvgIpc) is 3.12. The second-order valence-corrected chi connectivity index (χ2v) is 8.48. The van der Waals surface area contributed by atoms with E-state index in [1.54, 1.807) is 34.9 Å². The van der Waals surface area contributed by atoms with E-state index in [0.717, 1.165) is 16.7 Å². The molecule has 156 valence electrons. The lowest BCUT2D eigenvalue weighted by atomic mass is 10.1. The van der Waals surface area contributed by atoms with E-state index in [9.17, 15) is 9.90 Å². The third kappa shape index (κ3) is 4.07. The zero-order chi connectivity index (χ0) is 22.3. The second-order valence-electron chi connectivity index (χ2n) is 7.20. The maximum Gasteiger partial charge on any atom is 0.356 e. The summed E-state index contributed by atoms with van der Waals surface area (Å²) in [4.78, 5) is 16.8. The first-order valence-corrected chi connectivity index (χ1v) is 10.5. The molecule has 0 bridgehead atoms. The van der Waals surface area contributed by atoms with E-state index < -0.39 is 5.97 Å². The summed E-state index contributed by atoms with van der Waals surface area (Å²) in [5.41, 5.74) is 4.07. The van der Waals surface area contributed by atoms with Crippen LogP contribution in [-0.4, -0.2) is 20.6 Å². The second kappa shape index (κ2) is 8.39. The first kappa shape index (κ1) is 21.4. The van der Waals surface area contributed by atoms with E-state index in [-0.39, 0.29) is 5.69 Å². The van der Waals surface area contributed by atoms with Crippen molar-refractivity contribution in [3.05, 3.63) is 92.6 Å². The van der Waals surface area contributed by atoms with E-state index in [0.29, 0.717) is 37.8 Å². The molecule has 0 amide bonds. The number of nitrogens with zero attached hydrogens (tertiary/aromatic N) is 2. The van der Waals surface area contributed by atoms with Crippen LogP contribution < -0.4 is 0 Å². The number of carbonyl (C=O) groups is 1. The molecule has 0 radical (unpaired) electrons. The van der Waals surface area contributed by atoms with Gasteiger partial charge in [-0.3, -0.25) is 4.57 Å². The molecule has 3 aromatic carbocycles. The van der Waals surface area contributed by atoms with Gasteiger partial charge >= 0.3 is 5.97 Å². The highest BCUT2D eigenvalue weighted by atomic mass is 35.5. The predicted octanol–water partition coefficient (Wildman–Crippen LogP) is 7.48. The lowest BCUT2D eigenvalue weighted by Gasteiger charge is -2.17. The van der Waals surface area contributed by atoms with Crippen molar-refractivity contribution in [3.8, 4) is 28.3 Å². The van der Waals surface area contributed by atoms with E-state index in [1.807, 2.05) is 44.2 Å². The monoisotopic (exact) mass is 470 g/mol. The number of hydrogen-bond acceptors (Lipinski definition) is 2. The predicted molar refractivity (Wildman–Crippen MR) is 126 cm³/mol. The number of carboxylic acids is 1. The summed E-state index contributed by atoms with van der Waals surface area (Å²) in [6, 6.07) is 18.1. The molecule has 0 aliphatic carbocycles. The molecule has 0 saturated heterocycles. The van der Waals surface area contributed by atoms with Gasteiger partial charge in [0.15, 0.2) is 5.69 Å². The molecule has 1 aromatic heterocycles. The Bertz CT molecular complexity index is 1330. The van der Waals surface area contributed by atoms with Gasteiger partial charge in [-0.1, -0.05) is 64.6 Å². The lowest BCUT2D eigenvalue weighted by Crippen LogP contribution is -2.05. The third-order valence-electron chi connectivity index (χ3n) is 4.95. The van der Waals surface area contributed by atoms with Gasteiger partial charge in [-0.15, -0.1) is 0 Å². The SMILES string of the molecule is Cc1cccc(-c2nc(C(=O)O)c(-c3cc(Cl)ccc3Cl)n2-c2cc(Cl)ccc2C)c1. The van der Waals surface area contributed by atoms with Gasteiger partial charge in [0, 0.05) is 21.2 Å². The van der Waals surface area contributed by atoms with Crippen molar-refractivity contribution < 1.29 is 9.90 Å². The van der Waals surface area contributed by atoms with Crippen LogP contribution in [0.3, 0.4) is 0 Å². The molecule has 4 nitrogen and oxygen atoms in total. The van der Waals surface area contributed by atoms with E-state index in [2.05, 4.69) is 4.98 Å². The van der Waals surface area contributed by atoms with Crippen molar-refractivity contribution in [2.75, 3.05) is 0 Å². The Labute approximate surface area is 194 Å². The number of aromatic carboxylic acids is 1. The van der Waals surface area contributed by atoms with Gasteiger partial charge in [-0.05, 0) is 55.8 Å². The lowest BCUT2D eigenvalue weighted by molar-refractivity contribution is 0.0692. The fourth-order valence-electron chi connectivity index (χ4n) is 3.53. The number of aromatic nitrogens is 2. The molecule has 0 unspecified atom stereocenters. The van der Waals surface area contributed by atoms with Crippen molar-refractivity contribution in [1.82, 2.24) is 9.55 Å². The van der Waals surface area contributed by atoms with Crippen LogP contribution in [0.25, 0.3) is 28.3 Å². The molecule has 7 heteroatoms. The molecular formula is C24H17Cl3N2O2. The third-order valence-corrected chi connectivity index (χ3v) is 5.75. The molecule has 0 spiro atoms. The fraction of sp³-hybridized carbons (Fsp3) is 0.0833. The molecule has 4 aromatic rings. The highest BCUT2D eigenvalue weighted by molar-refractivity contribution is 6.35. The molecule has 0 aliphatic rings. The molecule has 1 N–H and O–H groups in total. The number of carboxylic acid groups (broad SMARTS) is 1. The van der Waals surface area contributed by atoms with Crippen LogP contribution in [0, 0.1) is 13.8 Å². The molecule has 31 heavy (non-hydrogen) atoms. The minimum atomic E-state index is -1.17. The number of halogens is 3. The Morgan fingerprint density at radius 3 is 2.35 bits per heavy atom. The van der Waals surface area contributed by atoms with Crippen molar-refractivity contribution >= 4 is 40.8 Å². The largest absolute Gasteiger partial charge is 0.476 e. The highest BCUT2D eigenvalue weighted by Crippen LogP contribution is 2.39. The summed E-state index contributed by atoms with van der Waals surface area (Å²) >= 11 is 19.1. The number of benzene rings is 3. The summed E-state index contributed by atoms with van der Waals surface area (Å²) in [5, 5.41) is 11.3. The smallest absolute Gasteiger partial charge is 0.356 e. The van der Waals surface area contributed by atoms with Crippen LogP contribution in [0.15, 0.2) is 60.7 Å². The van der Waals surface area contributed by atoms with Gasteiger partial charge in [0.05, 0.1) is 16.4 Å². The molecule has 0 aliphatic heterocycles. The minimum Gasteiger partial charge on any atom is -0.476 e. The van der Waals surface area contributed by atoms with Gasteiger partial charge in [0.1, 0.15) is 5.82 Å². The highest BCUT2D eigenvalue weighted by Gasteiger charge is 2.27. The number of aryl methyl sites for hydroxylation is 2. The van der Waals surface area contributed by atoms with Crippen LogP contribution in [0.4, 0.5) is 0 Å². The summed E-state index contributed by atoms with van der Waals surface area (Å²) in [7, 11) is 0. The molecule has 4 rings (SSSR count). The van der Waals surface area contributed by atoms with Gasteiger partial charge in [0.2, 0.25) is 0 Å². The number of hydrogen-bond donors (Lipinski definition) is 1. The summed E-state index contributed by atoms with van der Waals surface area (Å²) in [6.07, 6.45) is 0. The van der Waals surface area contributed by atoms with Gasteiger partial charge in [-0.2, -0.15) is 0 Å². The standard InChI is InChI=1S/C24H17Cl3N2O2/c1-13-4-3-5-15(10-13)23-28-21(24(30)31)22(18-11-16(25)8-9-19(18)27)29(23)20-12-17(26)7-6-14(20)2/h3-12H,1-2H3,(H,30,31). The molecule has 0 fully saturated rings. The van der Waals surface area contributed by atoms with Crippen molar-refractivity contribution in [2.45, 2.75) is 13.8 Å². The zero-order valence-electron chi connectivity index (χ0n) is 16.7. The van der Waals surface area contributed by atoms with E-state index in [4.69, 9.17) is 34.8 Å². The normalized spacial score (nSPS) is 11.0. The Hall–Kier alpha value is -2.79. The number of rotatable bonds is 4. The first-order chi connectivity index (χ1) is 14.8. The molecule has 0 atom stereocenters. The topological polar surface area (TPSA) is 55.1 Å². The van der Waals surface area contributed by atoms with E-state index >= 15 is 0 Å². The maximum absolute atomic E-state index is 12.3. The molecule has 0 saturated carbocycles. The van der Waals surface area contributed by atoms with Gasteiger partial charge in [-0.25, -0.2) is 9.78 Å². The fourth-order valence-corrected chi connectivity index (χ4v) is 4.08. The summed E-state index contributed by atoms with van der Waals surface area (Å²) in [5.74, 6) is -0.698. The van der Waals surface area contributed by atoms with Crippen LogP contribution in [-0.2, 0) is 0 Å². The zero-order valence-corrected chi connectivity index (χ0v) is 18.9. The minimum absolute atomic E-state index is 0.125. The Balaban J connectivity index is 2.19. The van der Waals surface area contributed by atoms with Crippen molar-refractivity contribution in [2.24, 2.45) is 0 Å². The quantitative estimate of drug-likeness (QED) is 0.335. The Morgan fingerprint density at radius 2 is 1.65 bits per heavy atom. The molecule has 1 heterocycles. The van der Waals surface area contributed by atoms with Crippen molar-refractivity contribution in [3.63, 3.8) is 0 Å². The Kier molecular flexibility index (Phi) is 5.80. The van der Waals surface area contributed by atoms with Crippen LogP contribution >= 0.6 is 34.8 Å². The Morgan fingerprint density at radius 1 is 0.935 bits per heavy atom. The maximum atomic E-state index is 12.3.